The van der Waals surface area contributed by atoms with Gasteiger partial charge in [-0.1, -0.05) is 62.9 Å². The van der Waals surface area contributed by atoms with Gasteiger partial charge in [-0.3, -0.25) is 4.79 Å². The molecule has 238 valence electrons. The van der Waals surface area contributed by atoms with Crippen LogP contribution in [0.4, 0.5) is 0 Å². The van der Waals surface area contributed by atoms with Crippen molar-refractivity contribution >= 4 is 22.9 Å². The van der Waals surface area contributed by atoms with Crippen LogP contribution in [-0.2, 0) is 9.59 Å². The highest BCUT2D eigenvalue weighted by Crippen LogP contribution is 2.34. The van der Waals surface area contributed by atoms with E-state index < -0.39 is 24.2 Å². The minimum atomic E-state index is -1.04. The summed E-state index contributed by atoms with van der Waals surface area (Å²) in [6.45, 7) is 2.32. The van der Waals surface area contributed by atoms with Crippen molar-refractivity contribution < 1.29 is 24.2 Å². The zero-order valence-corrected chi connectivity index (χ0v) is 25.9. The highest BCUT2D eigenvalue weighted by molar-refractivity contribution is 5.90. The Morgan fingerprint density at radius 2 is 1.80 bits per heavy atom. The second-order valence-electron chi connectivity index (χ2n) is 11.5. The van der Waals surface area contributed by atoms with Crippen LogP contribution in [0.15, 0.2) is 73.1 Å². The Bertz CT molecular complexity index is 1790. The number of hydrogen-bond acceptors (Lipinski definition) is 8. The molecule has 0 aliphatic carbocycles. The number of methoxy groups -OCH3 is 1. The standard InChI is InChI=1S/C34H37N7O5/c1-3-4-5-6-11-30(33(42)40-20-25(19-31(40)34(43)44)46-24-15-13-23(45-2)14-16-24)41-21-35-28-18-22(12-17-29(28)41)26-9-7-8-10-27(26)32-36-38-39-37-32/h7-10,12-18,21,25,30-31H,3-6,11,19-20H2,1-2H3,(H,43,44)(H,36,37,38,39)/t25?,30?,31-/m0/s1. The lowest BCUT2D eigenvalue weighted by Gasteiger charge is -2.28. The molecule has 0 spiro atoms. The molecule has 1 fully saturated rings. The van der Waals surface area contributed by atoms with Gasteiger partial charge in [-0.25, -0.2) is 14.9 Å². The fraction of sp³-hybridized carbons (Fsp3) is 0.353. The summed E-state index contributed by atoms with van der Waals surface area (Å²) in [5, 5.41) is 24.5. The molecule has 2 aromatic heterocycles. The van der Waals surface area contributed by atoms with Crippen molar-refractivity contribution in [1.29, 1.82) is 0 Å². The van der Waals surface area contributed by atoms with Gasteiger partial charge in [-0.15, -0.1) is 5.10 Å². The van der Waals surface area contributed by atoms with Gasteiger partial charge in [0.05, 0.1) is 31.0 Å². The molecule has 0 radical (unpaired) electrons. The Morgan fingerprint density at radius 1 is 1.02 bits per heavy atom. The fourth-order valence-corrected chi connectivity index (χ4v) is 6.21. The maximum absolute atomic E-state index is 14.3. The maximum atomic E-state index is 14.3. The van der Waals surface area contributed by atoms with Crippen molar-refractivity contribution in [3.05, 3.63) is 73.1 Å². The summed E-state index contributed by atoms with van der Waals surface area (Å²) in [6, 6.07) is 19.3. The van der Waals surface area contributed by atoms with E-state index in [9.17, 15) is 14.7 Å². The summed E-state index contributed by atoms with van der Waals surface area (Å²) >= 11 is 0. The highest BCUT2D eigenvalue weighted by Gasteiger charge is 2.43. The number of fused-ring (bicyclic) bond motifs is 1. The molecule has 6 rings (SSSR count). The van der Waals surface area contributed by atoms with Crippen molar-refractivity contribution in [3.8, 4) is 34.0 Å². The van der Waals surface area contributed by atoms with Gasteiger partial charge in [0.25, 0.3) is 0 Å². The largest absolute Gasteiger partial charge is 0.497 e. The molecule has 12 nitrogen and oxygen atoms in total. The summed E-state index contributed by atoms with van der Waals surface area (Å²) in [6.07, 6.45) is 5.95. The summed E-state index contributed by atoms with van der Waals surface area (Å²) in [5.74, 6) is 0.571. The molecule has 12 heteroatoms. The van der Waals surface area contributed by atoms with Crippen molar-refractivity contribution in [2.75, 3.05) is 13.7 Å². The number of likely N-dealkylation sites (tertiary alicyclic amines) is 1. The normalized spacial score (nSPS) is 16.9. The van der Waals surface area contributed by atoms with Crippen molar-refractivity contribution in [2.24, 2.45) is 0 Å². The number of nitrogens with one attached hydrogen (secondary N) is 1. The zero-order chi connectivity index (χ0) is 32.0. The first-order chi connectivity index (χ1) is 22.5. The first-order valence-electron chi connectivity index (χ1n) is 15.6. The number of nitrogens with zero attached hydrogens (tertiary/aromatic N) is 6. The average Bonchev–Trinajstić information content (AvgIpc) is 3.85. The number of carboxylic acid groups (broad SMARTS) is 1. The molecule has 46 heavy (non-hydrogen) atoms. The van der Waals surface area contributed by atoms with Crippen LogP contribution >= 0.6 is 0 Å². The van der Waals surface area contributed by atoms with Gasteiger partial charge in [0.2, 0.25) is 5.91 Å². The number of aliphatic carboxylic acids is 1. The number of carboxylic acids is 1. The van der Waals surface area contributed by atoms with Gasteiger partial charge in [0, 0.05) is 12.0 Å². The molecule has 0 saturated carbocycles. The molecule has 1 aliphatic rings. The molecule has 2 unspecified atom stereocenters. The third kappa shape index (κ3) is 6.42. The molecule has 1 aliphatic heterocycles. The number of aromatic amines is 1. The van der Waals surface area contributed by atoms with Crippen molar-refractivity contribution in [3.63, 3.8) is 0 Å². The number of aromatic nitrogens is 6. The molecule has 3 atom stereocenters. The summed E-state index contributed by atoms with van der Waals surface area (Å²) in [4.78, 5) is 32.9. The van der Waals surface area contributed by atoms with E-state index in [1.807, 2.05) is 47.0 Å². The average molecular weight is 624 g/mol. The number of amides is 1. The number of unbranched alkanes of at least 4 members (excludes halogenated alkanes) is 3. The van der Waals surface area contributed by atoms with Gasteiger partial charge in [0.1, 0.15) is 29.7 Å². The van der Waals surface area contributed by atoms with Crippen LogP contribution in [0, 0.1) is 0 Å². The van der Waals surface area contributed by atoms with E-state index in [-0.39, 0.29) is 18.9 Å². The van der Waals surface area contributed by atoms with E-state index in [1.54, 1.807) is 37.7 Å². The Morgan fingerprint density at radius 3 is 2.52 bits per heavy atom. The van der Waals surface area contributed by atoms with Crippen molar-refractivity contribution in [1.82, 2.24) is 35.1 Å². The van der Waals surface area contributed by atoms with E-state index in [1.165, 1.54) is 4.90 Å². The SMILES string of the molecule is CCCCCCC(C(=O)N1CC(Oc2ccc(OC)cc2)C[C@H]1C(=O)O)n1cnc2cc(-c3ccccc3-c3nnn[nH]3)ccc21. The molecule has 3 heterocycles. The molecular weight excluding hydrogens is 586 g/mol. The maximum Gasteiger partial charge on any atom is 0.326 e. The Hall–Kier alpha value is -5.26. The lowest BCUT2D eigenvalue weighted by atomic mass is 9.98. The second-order valence-corrected chi connectivity index (χ2v) is 11.5. The van der Waals surface area contributed by atoms with E-state index in [0.29, 0.717) is 23.7 Å². The van der Waals surface area contributed by atoms with E-state index in [2.05, 4.69) is 27.5 Å². The summed E-state index contributed by atoms with van der Waals surface area (Å²) in [7, 11) is 1.59. The summed E-state index contributed by atoms with van der Waals surface area (Å²) < 4.78 is 13.3. The minimum Gasteiger partial charge on any atom is -0.497 e. The van der Waals surface area contributed by atoms with Crippen LogP contribution in [0.25, 0.3) is 33.5 Å². The van der Waals surface area contributed by atoms with Gasteiger partial charge in [-0.05, 0) is 64.4 Å². The number of rotatable bonds is 13. The summed E-state index contributed by atoms with van der Waals surface area (Å²) in [5.41, 5.74) is 4.25. The fourth-order valence-electron chi connectivity index (χ4n) is 6.21. The predicted octanol–water partition coefficient (Wildman–Crippen LogP) is 5.54. The van der Waals surface area contributed by atoms with E-state index in [4.69, 9.17) is 14.5 Å². The van der Waals surface area contributed by atoms with Crippen LogP contribution in [0.3, 0.4) is 0 Å². The van der Waals surface area contributed by atoms with Crippen LogP contribution in [0.2, 0.25) is 0 Å². The lowest BCUT2D eigenvalue weighted by molar-refractivity contribution is -0.149. The first-order valence-corrected chi connectivity index (χ1v) is 15.6. The second kappa shape index (κ2) is 13.8. The van der Waals surface area contributed by atoms with Gasteiger partial charge in [0.15, 0.2) is 5.82 Å². The minimum absolute atomic E-state index is 0.178. The monoisotopic (exact) mass is 623 g/mol. The molecule has 0 bridgehead atoms. The van der Waals surface area contributed by atoms with Crippen LogP contribution in [-0.4, -0.2) is 77.9 Å². The lowest BCUT2D eigenvalue weighted by Crippen LogP contribution is -2.44. The van der Waals surface area contributed by atoms with E-state index >= 15 is 0 Å². The Labute approximate surface area is 266 Å². The highest BCUT2D eigenvalue weighted by atomic mass is 16.5. The van der Waals surface area contributed by atoms with Gasteiger partial charge >= 0.3 is 5.97 Å². The van der Waals surface area contributed by atoms with Crippen LogP contribution < -0.4 is 9.47 Å². The molecule has 3 aromatic carbocycles. The number of tetrazole rings is 1. The van der Waals surface area contributed by atoms with Gasteiger partial charge < -0.3 is 24.0 Å². The Kier molecular flexibility index (Phi) is 9.23. The third-order valence-corrected chi connectivity index (χ3v) is 8.56. The molecular formula is C34H37N7O5. The number of carbonyl (C=O) groups excluding carboxylic acids is 1. The zero-order valence-electron chi connectivity index (χ0n) is 25.9. The molecule has 5 aromatic rings. The van der Waals surface area contributed by atoms with Crippen LogP contribution in [0.5, 0.6) is 11.5 Å². The van der Waals surface area contributed by atoms with Crippen LogP contribution in [0.1, 0.15) is 51.5 Å². The molecule has 2 N–H and O–H groups in total. The third-order valence-electron chi connectivity index (χ3n) is 8.56. The smallest absolute Gasteiger partial charge is 0.326 e. The number of hydrogen-bond donors (Lipinski definition) is 2. The number of carbonyl (C=O) groups is 2. The number of benzene rings is 3. The topological polar surface area (TPSA) is 148 Å². The van der Waals surface area contributed by atoms with Gasteiger partial charge in [-0.2, -0.15) is 0 Å². The Balaban J connectivity index is 1.29. The first kappa shape index (κ1) is 30.8. The van der Waals surface area contributed by atoms with E-state index in [0.717, 1.165) is 53.4 Å². The molecule has 1 amide bonds. The number of imidazole rings is 1. The number of ether oxygens (including phenoxy) is 2. The quantitative estimate of drug-likeness (QED) is 0.161. The molecule has 1 saturated heterocycles. The number of H-pyrrole nitrogens is 1. The van der Waals surface area contributed by atoms with Crippen molar-refractivity contribution in [2.45, 2.75) is 63.6 Å². The predicted molar refractivity (Wildman–Crippen MR) is 171 cm³/mol.